The summed E-state index contributed by atoms with van der Waals surface area (Å²) in [5.74, 6) is 0.307. The van der Waals surface area contributed by atoms with Gasteiger partial charge in [0.2, 0.25) is 0 Å². The second kappa shape index (κ2) is 10.7. The molecule has 1 saturated carbocycles. The van der Waals surface area contributed by atoms with Crippen LogP contribution in [0.25, 0.3) is 21.5 Å². The molecule has 0 radical (unpaired) electrons. The third kappa shape index (κ3) is 5.71. The van der Waals surface area contributed by atoms with Crippen LogP contribution in [0.4, 0.5) is 0 Å². The fourth-order valence-corrected chi connectivity index (χ4v) is 5.13. The molecule has 2 unspecified atom stereocenters. The number of rotatable bonds is 7. The highest BCUT2D eigenvalue weighted by Gasteiger charge is 2.24. The molecule has 4 aromatic carbocycles. The van der Waals surface area contributed by atoms with Gasteiger partial charge in [-0.1, -0.05) is 73.5 Å². The van der Waals surface area contributed by atoms with Gasteiger partial charge in [0.05, 0.1) is 24.3 Å². The average Bonchev–Trinajstić information content (AvgIpc) is 2.91. The third-order valence-electron chi connectivity index (χ3n) is 7.07. The highest BCUT2D eigenvalue weighted by atomic mass is 16.5. The Labute approximate surface area is 205 Å². The molecule has 0 heterocycles. The maximum atomic E-state index is 12.6. The van der Waals surface area contributed by atoms with E-state index < -0.39 is 0 Å². The van der Waals surface area contributed by atoms with Crippen molar-refractivity contribution in [3.05, 3.63) is 96.1 Å². The zero-order chi connectivity index (χ0) is 24.0. The molecule has 4 nitrogen and oxygen atoms in total. The number of esters is 2. The molecule has 4 heteroatoms. The molecule has 1 aliphatic carbocycles. The summed E-state index contributed by atoms with van der Waals surface area (Å²) >= 11 is 0. The van der Waals surface area contributed by atoms with Crippen molar-refractivity contribution in [2.75, 3.05) is 13.2 Å². The first-order valence-corrected chi connectivity index (χ1v) is 12.5. The van der Waals surface area contributed by atoms with E-state index in [4.69, 9.17) is 9.47 Å². The van der Waals surface area contributed by atoms with Crippen LogP contribution in [0.2, 0.25) is 0 Å². The quantitative estimate of drug-likeness (QED) is 0.270. The molecule has 1 fully saturated rings. The van der Waals surface area contributed by atoms with Crippen molar-refractivity contribution in [1.29, 1.82) is 0 Å². The van der Waals surface area contributed by atoms with Gasteiger partial charge in [0.1, 0.15) is 0 Å². The van der Waals surface area contributed by atoms with E-state index in [0.717, 1.165) is 53.6 Å². The van der Waals surface area contributed by atoms with Gasteiger partial charge in [-0.25, -0.2) is 9.59 Å². The normalized spacial score (nSPS) is 17.8. The fraction of sp³-hybridized carbons (Fsp3) is 0.290. The molecule has 0 bridgehead atoms. The highest BCUT2D eigenvalue weighted by Crippen LogP contribution is 2.31. The molecular formula is C31H30O4. The standard InChI is InChI=1S/C31H30O4/c32-30(28-14-12-24-8-1-3-10-26(24)19-28)34-17-16-22-6-5-7-23(18-22)21-35-31(33)29-15-13-25-9-2-4-11-27(25)20-29/h1-4,8-15,19-20,22-23H,5-7,16-18,21H2. The number of benzene rings is 4. The summed E-state index contributed by atoms with van der Waals surface area (Å²) < 4.78 is 11.3. The summed E-state index contributed by atoms with van der Waals surface area (Å²) in [6.07, 6.45) is 5.15. The van der Waals surface area contributed by atoms with Gasteiger partial charge in [0, 0.05) is 0 Å². The average molecular weight is 467 g/mol. The van der Waals surface area contributed by atoms with E-state index >= 15 is 0 Å². The van der Waals surface area contributed by atoms with Gasteiger partial charge in [-0.2, -0.15) is 0 Å². The number of carbonyl (C=O) groups excluding carboxylic acids is 2. The summed E-state index contributed by atoms with van der Waals surface area (Å²) in [6, 6.07) is 27.3. The molecule has 2 atom stereocenters. The van der Waals surface area contributed by atoms with E-state index in [0.29, 0.717) is 36.2 Å². The summed E-state index contributed by atoms with van der Waals surface area (Å²) in [5.41, 5.74) is 1.18. The molecule has 0 saturated heterocycles. The number of hydrogen-bond donors (Lipinski definition) is 0. The smallest absolute Gasteiger partial charge is 0.338 e. The maximum Gasteiger partial charge on any atom is 0.338 e. The predicted molar refractivity (Wildman–Crippen MR) is 139 cm³/mol. The first-order valence-electron chi connectivity index (χ1n) is 12.5. The van der Waals surface area contributed by atoms with Gasteiger partial charge in [0.25, 0.3) is 0 Å². The van der Waals surface area contributed by atoms with Crippen molar-refractivity contribution in [2.45, 2.75) is 32.1 Å². The third-order valence-corrected chi connectivity index (χ3v) is 7.07. The summed E-state index contributed by atoms with van der Waals surface area (Å²) in [5, 5.41) is 4.30. The van der Waals surface area contributed by atoms with Crippen molar-refractivity contribution in [1.82, 2.24) is 0 Å². The van der Waals surface area contributed by atoms with E-state index in [1.807, 2.05) is 84.9 Å². The van der Waals surface area contributed by atoms with Crippen LogP contribution in [0.5, 0.6) is 0 Å². The SMILES string of the molecule is O=C(OCCC1CCCC(COC(=O)c2ccc3ccccc3c2)C1)c1ccc2ccccc2c1. The second-order valence-electron chi connectivity index (χ2n) is 9.55. The van der Waals surface area contributed by atoms with Crippen LogP contribution < -0.4 is 0 Å². The monoisotopic (exact) mass is 466 g/mol. The lowest BCUT2D eigenvalue weighted by molar-refractivity contribution is 0.0347. The van der Waals surface area contributed by atoms with Gasteiger partial charge in [-0.3, -0.25) is 0 Å². The van der Waals surface area contributed by atoms with Gasteiger partial charge >= 0.3 is 11.9 Å². The lowest BCUT2D eigenvalue weighted by atomic mass is 9.80. The molecule has 0 aliphatic heterocycles. The lowest BCUT2D eigenvalue weighted by Crippen LogP contribution is -2.23. The van der Waals surface area contributed by atoms with Gasteiger partial charge in [0.15, 0.2) is 0 Å². The topological polar surface area (TPSA) is 52.6 Å². The van der Waals surface area contributed by atoms with Gasteiger partial charge < -0.3 is 9.47 Å². The van der Waals surface area contributed by atoms with Crippen molar-refractivity contribution in [2.24, 2.45) is 11.8 Å². The summed E-state index contributed by atoms with van der Waals surface area (Å²) in [4.78, 5) is 25.1. The zero-order valence-corrected chi connectivity index (χ0v) is 19.8. The van der Waals surface area contributed by atoms with E-state index in [9.17, 15) is 9.59 Å². The molecule has 178 valence electrons. The van der Waals surface area contributed by atoms with Crippen LogP contribution >= 0.6 is 0 Å². The van der Waals surface area contributed by atoms with Crippen molar-refractivity contribution in [3.8, 4) is 0 Å². The molecule has 0 aromatic heterocycles. The summed E-state index contributed by atoms with van der Waals surface area (Å²) in [7, 11) is 0. The van der Waals surface area contributed by atoms with E-state index in [2.05, 4.69) is 0 Å². The number of carbonyl (C=O) groups is 2. The highest BCUT2D eigenvalue weighted by molar-refractivity contribution is 5.96. The fourth-order valence-electron chi connectivity index (χ4n) is 5.13. The Morgan fingerprint density at radius 2 is 1.20 bits per heavy atom. The number of fused-ring (bicyclic) bond motifs is 2. The van der Waals surface area contributed by atoms with Crippen LogP contribution in [0, 0.1) is 11.8 Å². The Kier molecular flexibility index (Phi) is 7.08. The molecule has 35 heavy (non-hydrogen) atoms. The van der Waals surface area contributed by atoms with E-state index in [1.165, 1.54) is 0 Å². The predicted octanol–water partition coefficient (Wildman–Crippen LogP) is 7.20. The van der Waals surface area contributed by atoms with E-state index in [1.54, 1.807) is 0 Å². The minimum Gasteiger partial charge on any atom is -0.462 e. The number of ether oxygens (including phenoxy) is 2. The molecule has 1 aliphatic rings. The lowest BCUT2D eigenvalue weighted by Gasteiger charge is -2.28. The van der Waals surface area contributed by atoms with Crippen molar-refractivity contribution < 1.29 is 19.1 Å². The molecular weight excluding hydrogens is 436 g/mol. The largest absolute Gasteiger partial charge is 0.462 e. The van der Waals surface area contributed by atoms with Crippen LogP contribution in [-0.4, -0.2) is 25.2 Å². The molecule has 4 aromatic rings. The molecule has 5 rings (SSSR count). The maximum absolute atomic E-state index is 12.6. The first-order chi connectivity index (χ1) is 17.2. The zero-order valence-electron chi connectivity index (χ0n) is 19.8. The molecule has 0 N–H and O–H groups in total. The second-order valence-corrected chi connectivity index (χ2v) is 9.55. The van der Waals surface area contributed by atoms with E-state index in [-0.39, 0.29) is 11.9 Å². The minimum absolute atomic E-state index is 0.262. The molecule has 0 amide bonds. The first kappa shape index (κ1) is 23.1. The Balaban J connectivity index is 1.08. The van der Waals surface area contributed by atoms with Crippen molar-refractivity contribution in [3.63, 3.8) is 0 Å². The Morgan fingerprint density at radius 1 is 0.657 bits per heavy atom. The molecule has 0 spiro atoms. The van der Waals surface area contributed by atoms with Crippen LogP contribution in [-0.2, 0) is 9.47 Å². The number of hydrogen-bond acceptors (Lipinski definition) is 4. The van der Waals surface area contributed by atoms with Crippen LogP contribution in [0.15, 0.2) is 84.9 Å². The van der Waals surface area contributed by atoms with Gasteiger partial charge in [-0.15, -0.1) is 0 Å². The Morgan fingerprint density at radius 3 is 1.83 bits per heavy atom. The summed E-state index contributed by atoms with van der Waals surface area (Å²) in [6.45, 7) is 0.860. The minimum atomic E-state index is -0.271. The van der Waals surface area contributed by atoms with Crippen LogP contribution in [0.1, 0.15) is 52.8 Å². The van der Waals surface area contributed by atoms with Gasteiger partial charge in [-0.05, 0) is 76.9 Å². The Hall–Kier alpha value is -3.66. The van der Waals surface area contributed by atoms with Crippen molar-refractivity contribution >= 4 is 33.5 Å². The Bertz CT molecular complexity index is 1340. The van der Waals surface area contributed by atoms with Crippen LogP contribution in [0.3, 0.4) is 0 Å².